The number of sulfonamides is 1. The van der Waals surface area contributed by atoms with Crippen LogP contribution in [0.4, 0.5) is 13.2 Å². The SMILES string of the molecule is CC(O)CNS(=O)(=O)Cc1ccccc1C(F)(F)F. The number of rotatable bonds is 5. The van der Waals surface area contributed by atoms with E-state index in [0.717, 1.165) is 12.1 Å². The maximum absolute atomic E-state index is 12.7. The topological polar surface area (TPSA) is 66.4 Å². The molecular formula is C11H14F3NO3S. The summed E-state index contributed by atoms with van der Waals surface area (Å²) in [6.45, 7) is 1.13. The van der Waals surface area contributed by atoms with Gasteiger partial charge in [-0.25, -0.2) is 13.1 Å². The van der Waals surface area contributed by atoms with Crippen LogP contribution in [0.3, 0.4) is 0 Å². The highest BCUT2D eigenvalue weighted by Crippen LogP contribution is 2.32. The molecule has 0 aromatic heterocycles. The lowest BCUT2D eigenvalue weighted by atomic mass is 10.1. The molecule has 0 aliphatic carbocycles. The highest BCUT2D eigenvalue weighted by atomic mass is 32.2. The summed E-state index contributed by atoms with van der Waals surface area (Å²) < 4.78 is 63.3. The summed E-state index contributed by atoms with van der Waals surface area (Å²) in [6, 6.07) is 4.49. The van der Waals surface area contributed by atoms with Gasteiger partial charge in [-0.2, -0.15) is 13.2 Å². The molecule has 0 amide bonds. The lowest BCUT2D eigenvalue weighted by molar-refractivity contribution is -0.138. The largest absolute Gasteiger partial charge is 0.416 e. The second-order valence-corrected chi connectivity index (χ2v) is 5.92. The minimum absolute atomic E-state index is 0.240. The maximum atomic E-state index is 12.7. The number of alkyl halides is 3. The Labute approximate surface area is 109 Å². The third-order valence-electron chi connectivity index (χ3n) is 2.27. The second kappa shape index (κ2) is 5.89. The molecule has 0 spiro atoms. The van der Waals surface area contributed by atoms with Crippen molar-refractivity contribution >= 4 is 10.0 Å². The minimum Gasteiger partial charge on any atom is -0.392 e. The molecule has 19 heavy (non-hydrogen) atoms. The summed E-state index contributed by atoms with van der Waals surface area (Å²) >= 11 is 0. The van der Waals surface area contributed by atoms with Gasteiger partial charge in [-0.15, -0.1) is 0 Å². The van der Waals surface area contributed by atoms with Gasteiger partial charge in [0.25, 0.3) is 0 Å². The number of aliphatic hydroxyl groups is 1. The molecule has 0 radical (unpaired) electrons. The van der Waals surface area contributed by atoms with Gasteiger partial charge in [0.15, 0.2) is 0 Å². The molecule has 0 aliphatic heterocycles. The zero-order valence-corrected chi connectivity index (χ0v) is 10.9. The summed E-state index contributed by atoms with van der Waals surface area (Å²) in [5.74, 6) is -0.782. The average molecular weight is 297 g/mol. The van der Waals surface area contributed by atoms with Crippen LogP contribution in [0.15, 0.2) is 24.3 Å². The van der Waals surface area contributed by atoms with Crippen LogP contribution in [0, 0.1) is 0 Å². The Hall–Kier alpha value is -1.12. The standard InChI is InChI=1S/C11H14F3NO3S/c1-8(16)6-15-19(17,18)7-9-4-2-3-5-10(9)11(12,13)14/h2-5,8,15-16H,6-7H2,1H3. The van der Waals surface area contributed by atoms with Crippen LogP contribution in [0.1, 0.15) is 18.1 Å². The van der Waals surface area contributed by atoms with Gasteiger partial charge in [0.1, 0.15) is 0 Å². The second-order valence-electron chi connectivity index (χ2n) is 4.11. The van der Waals surface area contributed by atoms with E-state index in [0.29, 0.717) is 0 Å². The predicted octanol–water partition coefficient (Wildman–Crippen LogP) is 1.51. The Balaban J connectivity index is 2.94. The van der Waals surface area contributed by atoms with Crippen LogP contribution < -0.4 is 4.72 Å². The van der Waals surface area contributed by atoms with Crippen LogP contribution in [0.25, 0.3) is 0 Å². The molecule has 0 aliphatic rings. The van der Waals surface area contributed by atoms with Crippen molar-refractivity contribution in [2.24, 2.45) is 0 Å². The van der Waals surface area contributed by atoms with Crippen molar-refractivity contribution < 1.29 is 26.7 Å². The third kappa shape index (κ3) is 5.17. The van der Waals surface area contributed by atoms with Gasteiger partial charge in [-0.1, -0.05) is 18.2 Å². The van der Waals surface area contributed by atoms with E-state index >= 15 is 0 Å². The Morgan fingerprint density at radius 3 is 2.42 bits per heavy atom. The van der Waals surface area contributed by atoms with E-state index in [1.54, 1.807) is 0 Å². The van der Waals surface area contributed by atoms with Gasteiger partial charge in [0.2, 0.25) is 10.0 Å². The lowest BCUT2D eigenvalue weighted by Gasteiger charge is -2.13. The van der Waals surface area contributed by atoms with Crippen molar-refractivity contribution in [2.75, 3.05) is 6.54 Å². The maximum Gasteiger partial charge on any atom is 0.416 e. The number of hydrogen-bond acceptors (Lipinski definition) is 3. The van der Waals surface area contributed by atoms with Gasteiger partial charge >= 0.3 is 6.18 Å². The molecule has 1 unspecified atom stereocenters. The number of hydrogen-bond donors (Lipinski definition) is 2. The first-order valence-electron chi connectivity index (χ1n) is 5.42. The summed E-state index contributed by atoms with van der Waals surface area (Å²) in [6.07, 6.45) is -5.51. The Bertz CT molecular complexity index is 526. The summed E-state index contributed by atoms with van der Waals surface area (Å²) in [4.78, 5) is 0. The number of aliphatic hydroxyl groups excluding tert-OH is 1. The molecule has 2 N–H and O–H groups in total. The molecule has 1 rings (SSSR count). The molecule has 1 aromatic carbocycles. The van der Waals surface area contributed by atoms with E-state index in [1.807, 2.05) is 4.72 Å². The van der Waals surface area contributed by atoms with Crippen molar-refractivity contribution in [1.82, 2.24) is 4.72 Å². The molecule has 0 bridgehead atoms. The quantitative estimate of drug-likeness (QED) is 0.865. The normalized spacial score (nSPS) is 14.4. The molecule has 108 valence electrons. The van der Waals surface area contributed by atoms with E-state index in [1.165, 1.54) is 19.1 Å². The smallest absolute Gasteiger partial charge is 0.392 e. The molecule has 0 heterocycles. The molecule has 0 saturated carbocycles. The zero-order valence-electron chi connectivity index (χ0n) is 10.1. The summed E-state index contributed by atoms with van der Waals surface area (Å²) in [5.41, 5.74) is -1.30. The van der Waals surface area contributed by atoms with E-state index in [4.69, 9.17) is 5.11 Å². The van der Waals surface area contributed by atoms with Gasteiger partial charge < -0.3 is 5.11 Å². The predicted molar refractivity (Wildman–Crippen MR) is 63.8 cm³/mol. The highest BCUT2D eigenvalue weighted by Gasteiger charge is 2.33. The minimum atomic E-state index is -4.60. The first-order chi connectivity index (χ1) is 8.62. The van der Waals surface area contributed by atoms with Crippen LogP contribution >= 0.6 is 0 Å². The van der Waals surface area contributed by atoms with Gasteiger partial charge in [0.05, 0.1) is 17.4 Å². The lowest BCUT2D eigenvalue weighted by Crippen LogP contribution is -2.32. The Morgan fingerprint density at radius 2 is 1.89 bits per heavy atom. The fourth-order valence-corrected chi connectivity index (χ4v) is 2.68. The first kappa shape index (κ1) is 15.9. The average Bonchev–Trinajstić information content (AvgIpc) is 2.25. The highest BCUT2D eigenvalue weighted by molar-refractivity contribution is 7.88. The van der Waals surface area contributed by atoms with E-state index in [2.05, 4.69) is 0 Å². The van der Waals surface area contributed by atoms with Crippen LogP contribution in [0.5, 0.6) is 0 Å². The summed E-state index contributed by atoms with van der Waals surface area (Å²) in [7, 11) is -3.92. The van der Waals surface area contributed by atoms with Crippen molar-refractivity contribution in [3.05, 3.63) is 35.4 Å². The molecule has 0 fully saturated rings. The number of nitrogens with one attached hydrogen (secondary N) is 1. The molecule has 1 aromatic rings. The molecule has 4 nitrogen and oxygen atoms in total. The molecule has 0 saturated heterocycles. The van der Waals surface area contributed by atoms with E-state index in [9.17, 15) is 21.6 Å². The molecule has 8 heteroatoms. The monoisotopic (exact) mass is 297 g/mol. The Morgan fingerprint density at radius 1 is 1.32 bits per heavy atom. The third-order valence-corrected chi connectivity index (χ3v) is 3.56. The molecule has 1 atom stereocenters. The van der Waals surface area contributed by atoms with Crippen LogP contribution in [-0.4, -0.2) is 26.2 Å². The van der Waals surface area contributed by atoms with E-state index in [-0.39, 0.29) is 12.1 Å². The summed E-state index contributed by atoms with van der Waals surface area (Å²) in [5, 5.41) is 8.96. The Kier molecular flexibility index (Phi) is 4.94. The van der Waals surface area contributed by atoms with Crippen molar-refractivity contribution in [2.45, 2.75) is 25.0 Å². The zero-order chi connectivity index (χ0) is 14.7. The first-order valence-corrected chi connectivity index (χ1v) is 7.07. The van der Waals surface area contributed by atoms with Crippen molar-refractivity contribution in [3.8, 4) is 0 Å². The van der Waals surface area contributed by atoms with Gasteiger partial charge in [0, 0.05) is 6.54 Å². The number of halogens is 3. The van der Waals surface area contributed by atoms with E-state index < -0.39 is 33.6 Å². The van der Waals surface area contributed by atoms with Gasteiger partial charge in [-0.05, 0) is 18.6 Å². The van der Waals surface area contributed by atoms with Gasteiger partial charge in [-0.3, -0.25) is 0 Å². The molecular weight excluding hydrogens is 283 g/mol. The van der Waals surface area contributed by atoms with Crippen molar-refractivity contribution in [3.63, 3.8) is 0 Å². The van der Waals surface area contributed by atoms with Crippen molar-refractivity contribution in [1.29, 1.82) is 0 Å². The fourth-order valence-electron chi connectivity index (χ4n) is 1.43. The number of benzene rings is 1. The van der Waals surface area contributed by atoms with Crippen LogP contribution in [0.2, 0.25) is 0 Å². The fraction of sp³-hybridized carbons (Fsp3) is 0.455. The van der Waals surface area contributed by atoms with Crippen LogP contribution in [-0.2, 0) is 22.0 Å².